The second kappa shape index (κ2) is 45.1. The SMILES string of the molecule is CCCCCCCCCCCCCCCCCCCCCCCCCCC(=O)N[C@@H](COP(=O)(O)O)[C@H](O)CCCCCCCCCCCCCCCCCCC. The molecule has 0 aromatic heterocycles. The molecule has 0 aromatic carbocycles. The van der Waals surface area contributed by atoms with E-state index in [4.69, 9.17) is 4.52 Å². The van der Waals surface area contributed by atoms with Crippen LogP contribution in [0, 0.1) is 0 Å². The predicted molar refractivity (Wildman–Crippen MR) is 246 cm³/mol. The highest BCUT2D eigenvalue weighted by Gasteiger charge is 2.25. The molecule has 4 N–H and O–H groups in total. The molecule has 0 heterocycles. The fraction of sp³-hybridized carbons (Fsp3) is 0.980. The summed E-state index contributed by atoms with van der Waals surface area (Å²) in [6.45, 7) is 4.17. The predicted octanol–water partition coefficient (Wildman–Crippen LogP) is 15.8. The van der Waals surface area contributed by atoms with Crippen LogP contribution in [0.15, 0.2) is 0 Å². The number of amides is 1. The van der Waals surface area contributed by atoms with Crippen molar-refractivity contribution >= 4 is 13.7 Å². The molecule has 57 heavy (non-hydrogen) atoms. The van der Waals surface area contributed by atoms with Crippen LogP contribution in [0.3, 0.4) is 0 Å². The number of aliphatic hydroxyl groups excluding tert-OH is 1. The lowest BCUT2D eigenvalue weighted by Crippen LogP contribution is -2.46. The number of phosphoric acid groups is 1. The highest BCUT2D eigenvalue weighted by atomic mass is 31.2. The van der Waals surface area contributed by atoms with Crippen molar-refractivity contribution in [3.63, 3.8) is 0 Å². The summed E-state index contributed by atoms with van der Waals surface area (Å²) in [4.78, 5) is 31.1. The normalized spacial score (nSPS) is 13.0. The topological polar surface area (TPSA) is 116 Å². The zero-order valence-corrected chi connectivity index (χ0v) is 39.2. The van der Waals surface area contributed by atoms with Crippen molar-refractivity contribution in [1.82, 2.24) is 5.32 Å². The summed E-state index contributed by atoms with van der Waals surface area (Å²) in [6, 6.07) is -0.819. The van der Waals surface area contributed by atoms with E-state index in [9.17, 15) is 24.3 Å². The van der Waals surface area contributed by atoms with Gasteiger partial charge in [-0.3, -0.25) is 9.32 Å². The molecule has 0 spiro atoms. The average molecular weight is 830 g/mol. The van der Waals surface area contributed by atoms with E-state index in [-0.39, 0.29) is 5.91 Å². The summed E-state index contributed by atoms with van der Waals surface area (Å²) >= 11 is 0. The summed E-state index contributed by atoms with van der Waals surface area (Å²) in [7, 11) is -4.69. The van der Waals surface area contributed by atoms with Gasteiger partial charge in [0.15, 0.2) is 0 Å². The first kappa shape index (κ1) is 56.5. The highest BCUT2D eigenvalue weighted by Crippen LogP contribution is 2.36. The highest BCUT2D eigenvalue weighted by molar-refractivity contribution is 7.46. The van der Waals surface area contributed by atoms with Crippen molar-refractivity contribution in [3.8, 4) is 0 Å². The van der Waals surface area contributed by atoms with Crippen LogP contribution in [0.2, 0.25) is 0 Å². The summed E-state index contributed by atoms with van der Waals surface area (Å²) < 4.78 is 16.0. The van der Waals surface area contributed by atoms with Crippen LogP contribution < -0.4 is 5.32 Å². The number of hydrogen-bond acceptors (Lipinski definition) is 4. The van der Waals surface area contributed by atoms with Crippen molar-refractivity contribution in [1.29, 1.82) is 0 Å². The molecule has 0 saturated carbocycles. The summed E-state index contributed by atoms with van der Waals surface area (Å²) in [5, 5.41) is 13.6. The quantitative estimate of drug-likeness (QED) is 0.0358. The number of rotatable bonds is 48. The van der Waals surface area contributed by atoms with Crippen LogP contribution in [0.4, 0.5) is 0 Å². The Bertz CT molecular complexity index is 854. The van der Waals surface area contributed by atoms with E-state index in [1.165, 1.54) is 225 Å². The van der Waals surface area contributed by atoms with Gasteiger partial charge < -0.3 is 20.2 Å². The van der Waals surface area contributed by atoms with Gasteiger partial charge in [-0.1, -0.05) is 271 Å². The minimum Gasteiger partial charge on any atom is -0.391 e. The summed E-state index contributed by atoms with van der Waals surface area (Å²) in [6.07, 6.45) is 53.9. The molecule has 0 rings (SSSR count). The van der Waals surface area contributed by atoms with E-state index in [0.29, 0.717) is 12.8 Å². The number of unbranched alkanes of at least 4 members (excludes halogenated alkanes) is 39. The van der Waals surface area contributed by atoms with Gasteiger partial charge in [0.2, 0.25) is 5.91 Å². The van der Waals surface area contributed by atoms with E-state index in [2.05, 4.69) is 19.2 Å². The maximum Gasteiger partial charge on any atom is 0.469 e. The Morgan fingerprint density at radius 1 is 0.439 bits per heavy atom. The molecule has 7 nitrogen and oxygen atoms in total. The van der Waals surface area contributed by atoms with Crippen LogP contribution in [0.5, 0.6) is 0 Å². The van der Waals surface area contributed by atoms with Crippen molar-refractivity contribution in [2.45, 2.75) is 302 Å². The zero-order chi connectivity index (χ0) is 41.8. The van der Waals surface area contributed by atoms with Crippen LogP contribution in [-0.2, 0) is 13.9 Å². The van der Waals surface area contributed by atoms with Crippen LogP contribution in [-0.4, -0.2) is 39.6 Å². The van der Waals surface area contributed by atoms with Crippen molar-refractivity contribution in [2.24, 2.45) is 0 Å². The molecule has 0 aliphatic heterocycles. The first-order valence-electron chi connectivity index (χ1n) is 25.5. The minimum absolute atomic E-state index is 0.186. The number of hydrogen-bond donors (Lipinski definition) is 4. The van der Waals surface area contributed by atoms with Gasteiger partial charge in [-0.05, 0) is 12.8 Å². The lowest BCUT2D eigenvalue weighted by Gasteiger charge is -2.24. The van der Waals surface area contributed by atoms with Crippen molar-refractivity contribution < 1.29 is 28.8 Å². The second-order valence-corrected chi connectivity index (χ2v) is 19.1. The number of nitrogens with one attached hydrogen (secondary N) is 1. The third-order valence-corrected chi connectivity index (χ3v) is 12.6. The number of carbonyl (C=O) groups excluding carboxylic acids is 1. The van der Waals surface area contributed by atoms with Crippen molar-refractivity contribution in [2.75, 3.05) is 6.61 Å². The summed E-state index contributed by atoms with van der Waals surface area (Å²) in [5.74, 6) is -0.186. The smallest absolute Gasteiger partial charge is 0.391 e. The third kappa shape index (κ3) is 46.5. The van der Waals surface area contributed by atoms with Gasteiger partial charge in [-0.2, -0.15) is 0 Å². The Morgan fingerprint density at radius 3 is 0.947 bits per heavy atom. The number of aliphatic hydroxyl groups is 1. The van der Waals surface area contributed by atoms with Crippen LogP contribution in [0.1, 0.15) is 290 Å². The lowest BCUT2D eigenvalue weighted by atomic mass is 10.0. The molecule has 0 bridgehead atoms. The minimum atomic E-state index is -4.69. The Hall–Kier alpha value is -0.460. The van der Waals surface area contributed by atoms with Crippen LogP contribution in [0.25, 0.3) is 0 Å². The Morgan fingerprint density at radius 2 is 0.684 bits per heavy atom. The molecule has 342 valence electrons. The molecule has 0 saturated heterocycles. The molecule has 2 atom stereocenters. The third-order valence-electron chi connectivity index (χ3n) is 12.1. The molecule has 8 heteroatoms. The largest absolute Gasteiger partial charge is 0.469 e. The van der Waals surface area contributed by atoms with E-state index < -0.39 is 26.6 Å². The Balaban J connectivity index is 3.75. The molecule has 0 aliphatic rings. The van der Waals surface area contributed by atoms with E-state index in [1.807, 2.05) is 0 Å². The van der Waals surface area contributed by atoms with Gasteiger partial charge in [0.25, 0.3) is 0 Å². The maximum atomic E-state index is 12.7. The van der Waals surface area contributed by atoms with E-state index in [0.717, 1.165) is 38.5 Å². The first-order valence-corrected chi connectivity index (χ1v) is 27.0. The molecule has 0 radical (unpaired) electrons. The van der Waals surface area contributed by atoms with E-state index >= 15 is 0 Å². The standard InChI is InChI=1S/C49H100NO6P/c1-3-5-7-9-11-13-15-17-19-21-22-23-24-25-26-27-29-31-33-35-37-39-41-43-45-49(52)50-47(46-56-57(53,54)55)48(51)44-42-40-38-36-34-32-30-28-20-18-16-14-12-10-8-6-4-2/h47-48,51H,3-46H2,1-2H3,(H,50,52)(H2,53,54,55)/t47-,48+/m0/s1. The number of phosphoric ester groups is 1. The zero-order valence-electron chi connectivity index (χ0n) is 38.3. The monoisotopic (exact) mass is 830 g/mol. The Kier molecular flexibility index (Phi) is 44.7. The van der Waals surface area contributed by atoms with Gasteiger partial charge in [-0.25, -0.2) is 4.57 Å². The number of carbonyl (C=O) groups is 1. The van der Waals surface area contributed by atoms with Gasteiger partial charge in [0, 0.05) is 6.42 Å². The molecule has 0 aromatic rings. The molecule has 0 unspecified atom stereocenters. The van der Waals surface area contributed by atoms with Gasteiger partial charge >= 0.3 is 7.82 Å². The molecule has 0 fully saturated rings. The molecule has 1 amide bonds. The molecule has 0 aliphatic carbocycles. The van der Waals surface area contributed by atoms with Gasteiger partial charge in [0.05, 0.1) is 18.8 Å². The lowest BCUT2D eigenvalue weighted by molar-refractivity contribution is -0.123. The fourth-order valence-electron chi connectivity index (χ4n) is 8.23. The second-order valence-electron chi connectivity index (χ2n) is 17.9. The first-order chi connectivity index (χ1) is 27.8. The summed E-state index contributed by atoms with van der Waals surface area (Å²) in [5.41, 5.74) is 0. The molecular weight excluding hydrogens is 730 g/mol. The average Bonchev–Trinajstić information content (AvgIpc) is 3.18. The molecular formula is C49H100NO6P. The van der Waals surface area contributed by atoms with Crippen molar-refractivity contribution in [3.05, 3.63) is 0 Å². The van der Waals surface area contributed by atoms with Gasteiger partial charge in [0.1, 0.15) is 0 Å². The van der Waals surface area contributed by atoms with E-state index in [1.54, 1.807) is 0 Å². The van der Waals surface area contributed by atoms with Gasteiger partial charge in [-0.15, -0.1) is 0 Å². The fourth-order valence-corrected chi connectivity index (χ4v) is 8.59. The Labute approximate surface area is 355 Å². The maximum absolute atomic E-state index is 12.7. The van der Waals surface area contributed by atoms with Crippen LogP contribution >= 0.6 is 7.82 Å².